The summed E-state index contributed by atoms with van der Waals surface area (Å²) in [6, 6.07) is 4.67. The SMILES string of the molecule is CC=CC(C)c1cc(C)cc2c1NC(C)(CC)C2. The molecule has 98 valence electrons. The molecular weight excluding hydrogens is 218 g/mol. The van der Waals surface area contributed by atoms with Gasteiger partial charge in [0.1, 0.15) is 0 Å². The van der Waals surface area contributed by atoms with E-state index in [-0.39, 0.29) is 5.54 Å². The van der Waals surface area contributed by atoms with Crippen LogP contribution >= 0.6 is 0 Å². The zero-order valence-electron chi connectivity index (χ0n) is 12.3. The van der Waals surface area contributed by atoms with Crippen molar-refractivity contribution in [3.05, 3.63) is 41.0 Å². The number of aryl methyl sites for hydroxylation is 1. The Morgan fingerprint density at radius 3 is 2.78 bits per heavy atom. The third-order valence-corrected chi connectivity index (χ3v) is 4.15. The average molecular weight is 243 g/mol. The third kappa shape index (κ3) is 2.31. The number of hydrogen-bond donors (Lipinski definition) is 1. The molecule has 0 radical (unpaired) electrons. The number of allylic oxidation sites excluding steroid dienone is 2. The molecule has 0 fully saturated rings. The van der Waals surface area contributed by atoms with Gasteiger partial charge in [0.15, 0.2) is 0 Å². The van der Waals surface area contributed by atoms with E-state index < -0.39 is 0 Å². The van der Waals surface area contributed by atoms with Gasteiger partial charge in [0.2, 0.25) is 0 Å². The third-order valence-electron chi connectivity index (χ3n) is 4.15. The van der Waals surface area contributed by atoms with E-state index in [4.69, 9.17) is 0 Å². The first-order valence-corrected chi connectivity index (χ1v) is 7.03. The van der Waals surface area contributed by atoms with Crippen molar-refractivity contribution in [2.75, 3.05) is 5.32 Å². The minimum Gasteiger partial charge on any atom is -0.379 e. The minimum atomic E-state index is 0.237. The topological polar surface area (TPSA) is 12.0 Å². The largest absolute Gasteiger partial charge is 0.379 e. The summed E-state index contributed by atoms with van der Waals surface area (Å²) in [5, 5.41) is 3.76. The Hall–Kier alpha value is -1.24. The van der Waals surface area contributed by atoms with Crippen LogP contribution in [-0.2, 0) is 6.42 Å². The maximum absolute atomic E-state index is 3.76. The fourth-order valence-corrected chi connectivity index (χ4v) is 2.91. The monoisotopic (exact) mass is 243 g/mol. The number of hydrogen-bond acceptors (Lipinski definition) is 1. The predicted molar refractivity (Wildman–Crippen MR) is 80.4 cm³/mol. The fraction of sp³-hybridized carbons (Fsp3) is 0.529. The van der Waals surface area contributed by atoms with Crippen LogP contribution in [0.5, 0.6) is 0 Å². The van der Waals surface area contributed by atoms with Crippen molar-refractivity contribution in [1.29, 1.82) is 0 Å². The minimum absolute atomic E-state index is 0.237. The maximum atomic E-state index is 3.76. The van der Waals surface area contributed by atoms with Gasteiger partial charge in [-0.3, -0.25) is 0 Å². The van der Waals surface area contributed by atoms with E-state index in [1.54, 1.807) is 0 Å². The first-order chi connectivity index (χ1) is 8.49. The van der Waals surface area contributed by atoms with E-state index in [1.807, 2.05) is 0 Å². The van der Waals surface area contributed by atoms with Crippen LogP contribution in [-0.4, -0.2) is 5.54 Å². The first kappa shape index (κ1) is 13.2. The maximum Gasteiger partial charge on any atom is 0.0416 e. The molecule has 1 heteroatoms. The Balaban J connectivity index is 2.46. The van der Waals surface area contributed by atoms with Crippen LogP contribution in [0.3, 0.4) is 0 Å². The van der Waals surface area contributed by atoms with Gasteiger partial charge in [-0.2, -0.15) is 0 Å². The van der Waals surface area contributed by atoms with Crippen molar-refractivity contribution in [2.24, 2.45) is 0 Å². The number of fused-ring (bicyclic) bond motifs is 1. The Kier molecular flexibility index (Phi) is 3.52. The second-order valence-electron chi connectivity index (χ2n) is 5.92. The van der Waals surface area contributed by atoms with Crippen LogP contribution in [0.1, 0.15) is 56.7 Å². The Morgan fingerprint density at radius 2 is 2.17 bits per heavy atom. The first-order valence-electron chi connectivity index (χ1n) is 7.03. The molecule has 0 amide bonds. The molecule has 2 rings (SSSR count). The quantitative estimate of drug-likeness (QED) is 0.751. The fourth-order valence-electron chi connectivity index (χ4n) is 2.91. The molecule has 1 aliphatic rings. The van der Waals surface area contributed by atoms with Crippen molar-refractivity contribution in [1.82, 2.24) is 0 Å². The molecule has 18 heavy (non-hydrogen) atoms. The van der Waals surface area contributed by atoms with E-state index in [9.17, 15) is 0 Å². The molecule has 1 N–H and O–H groups in total. The second-order valence-corrected chi connectivity index (χ2v) is 5.92. The Morgan fingerprint density at radius 1 is 1.44 bits per heavy atom. The van der Waals surface area contributed by atoms with E-state index >= 15 is 0 Å². The molecule has 0 aromatic heterocycles. The average Bonchev–Trinajstić information content (AvgIpc) is 2.65. The lowest BCUT2D eigenvalue weighted by atomic mass is 9.92. The highest BCUT2D eigenvalue weighted by atomic mass is 15.0. The molecule has 0 bridgehead atoms. The zero-order chi connectivity index (χ0) is 13.3. The van der Waals surface area contributed by atoms with Gasteiger partial charge < -0.3 is 5.32 Å². The van der Waals surface area contributed by atoms with Crippen molar-refractivity contribution in [3.63, 3.8) is 0 Å². The van der Waals surface area contributed by atoms with E-state index in [1.165, 1.54) is 22.4 Å². The van der Waals surface area contributed by atoms with Crippen molar-refractivity contribution in [3.8, 4) is 0 Å². The molecular formula is C17H25N. The molecule has 2 unspecified atom stereocenters. The number of nitrogens with one attached hydrogen (secondary N) is 1. The molecule has 1 heterocycles. The molecule has 0 saturated carbocycles. The van der Waals surface area contributed by atoms with Gasteiger partial charge >= 0.3 is 0 Å². The number of anilines is 1. The summed E-state index contributed by atoms with van der Waals surface area (Å²) >= 11 is 0. The number of rotatable bonds is 3. The van der Waals surface area contributed by atoms with Gasteiger partial charge in [-0.25, -0.2) is 0 Å². The molecule has 1 aliphatic heterocycles. The van der Waals surface area contributed by atoms with Crippen LogP contribution in [0.15, 0.2) is 24.3 Å². The summed E-state index contributed by atoms with van der Waals surface area (Å²) < 4.78 is 0. The van der Waals surface area contributed by atoms with Crippen LogP contribution < -0.4 is 5.32 Å². The van der Waals surface area contributed by atoms with Crippen molar-refractivity contribution in [2.45, 2.75) is 58.9 Å². The molecule has 1 aromatic carbocycles. The molecule has 0 aliphatic carbocycles. The van der Waals surface area contributed by atoms with Crippen LogP contribution in [0.4, 0.5) is 5.69 Å². The molecule has 0 spiro atoms. The van der Waals surface area contributed by atoms with Gasteiger partial charge in [0, 0.05) is 17.1 Å². The smallest absolute Gasteiger partial charge is 0.0416 e. The van der Waals surface area contributed by atoms with Crippen molar-refractivity contribution >= 4 is 5.69 Å². The van der Waals surface area contributed by atoms with Gasteiger partial charge in [0.25, 0.3) is 0 Å². The summed E-state index contributed by atoms with van der Waals surface area (Å²) in [4.78, 5) is 0. The Labute approximate surface area is 111 Å². The van der Waals surface area contributed by atoms with Crippen LogP contribution in [0, 0.1) is 6.92 Å². The second kappa shape index (κ2) is 4.79. The standard InChI is InChI=1S/C17H25N/c1-6-8-13(4)15-10-12(3)9-14-11-17(5,7-2)18-16(14)15/h6,8-10,13,18H,7,11H2,1-5H3. The molecule has 1 nitrogen and oxygen atoms in total. The summed E-state index contributed by atoms with van der Waals surface area (Å²) in [5.41, 5.74) is 5.93. The lowest BCUT2D eigenvalue weighted by Gasteiger charge is -2.24. The van der Waals surface area contributed by atoms with Gasteiger partial charge in [-0.05, 0) is 44.7 Å². The van der Waals surface area contributed by atoms with Gasteiger partial charge in [-0.15, -0.1) is 0 Å². The highest BCUT2D eigenvalue weighted by Crippen LogP contribution is 2.40. The number of benzene rings is 1. The summed E-state index contributed by atoms with van der Waals surface area (Å²) in [6.45, 7) is 11.2. The highest BCUT2D eigenvalue weighted by Gasteiger charge is 2.32. The van der Waals surface area contributed by atoms with Gasteiger partial charge in [0.05, 0.1) is 0 Å². The summed E-state index contributed by atoms with van der Waals surface area (Å²) in [7, 11) is 0. The molecule has 1 aromatic rings. The van der Waals surface area contributed by atoms with Crippen LogP contribution in [0.25, 0.3) is 0 Å². The highest BCUT2D eigenvalue weighted by molar-refractivity contribution is 5.66. The Bertz CT molecular complexity index is 473. The lowest BCUT2D eigenvalue weighted by molar-refractivity contribution is 0.515. The normalized spacial score (nSPS) is 24.1. The molecule has 2 atom stereocenters. The van der Waals surface area contributed by atoms with Gasteiger partial charge in [-0.1, -0.05) is 43.7 Å². The van der Waals surface area contributed by atoms with E-state index in [0.717, 1.165) is 12.8 Å². The van der Waals surface area contributed by atoms with E-state index in [0.29, 0.717) is 5.92 Å². The predicted octanol–water partition coefficient (Wildman–Crippen LogP) is 4.81. The van der Waals surface area contributed by atoms with Crippen LogP contribution in [0.2, 0.25) is 0 Å². The summed E-state index contributed by atoms with van der Waals surface area (Å²) in [6.07, 6.45) is 6.74. The van der Waals surface area contributed by atoms with Crippen molar-refractivity contribution < 1.29 is 0 Å². The zero-order valence-corrected chi connectivity index (χ0v) is 12.3. The molecule has 0 saturated heterocycles. The van der Waals surface area contributed by atoms with E-state index in [2.05, 4.69) is 64.2 Å². The lowest BCUT2D eigenvalue weighted by Crippen LogP contribution is -2.31. The summed E-state index contributed by atoms with van der Waals surface area (Å²) in [5.74, 6) is 0.482.